The van der Waals surface area contributed by atoms with E-state index in [4.69, 9.17) is 4.74 Å². The van der Waals surface area contributed by atoms with E-state index in [0.29, 0.717) is 23.8 Å². The molecule has 0 fully saturated rings. The van der Waals surface area contributed by atoms with Gasteiger partial charge in [-0.2, -0.15) is 14.6 Å². The largest absolute Gasteiger partial charge is 0.439 e. The molecule has 1 aliphatic rings. The molecule has 3 aromatic rings. The van der Waals surface area contributed by atoms with Crippen molar-refractivity contribution in [2.45, 2.75) is 39.0 Å². The number of rotatable bonds is 3. The Morgan fingerprint density at radius 3 is 2.92 bits per heavy atom. The van der Waals surface area contributed by atoms with Crippen molar-refractivity contribution >= 4 is 11.6 Å². The quantitative estimate of drug-likeness (QED) is 0.737. The zero-order valence-corrected chi connectivity index (χ0v) is 13.7. The molecule has 0 saturated carbocycles. The lowest BCUT2D eigenvalue weighted by Gasteiger charge is -2.16. The highest BCUT2D eigenvalue weighted by Gasteiger charge is 2.18. The number of aryl methyl sites for hydroxylation is 1. The number of ether oxygens (including phenoxy) is 1. The third-order valence-electron chi connectivity index (χ3n) is 4.28. The number of ketones is 1. The van der Waals surface area contributed by atoms with Crippen molar-refractivity contribution in [2.24, 2.45) is 0 Å². The van der Waals surface area contributed by atoms with E-state index >= 15 is 0 Å². The van der Waals surface area contributed by atoms with Gasteiger partial charge in [0.15, 0.2) is 5.78 Å². The Morgan fingerprint density at radius 1 is 1.21 bits per heavy atom. The molecule has 2 aromatic heterocycles. The number of hydrogen-bond acceptors (Lipinski definition) is 5. The zero-order chi connectivity index (χ0) is 16.7. The molecule has 0 spiro atoms. The summed E-state index contributed by atoms with van der Waals surface area (Å²) in [5, 5.41) is 4.18. The Balaban J connectivity index is 1.74. The lowest BCUT2D eigenvalue weighted by molar-refractivity contribution is 0.0972. The first-order chi connectivity index (χ1) is 11.6. The average molecular weight is 322 g/mol. The molecule has 0 bridgehead atoms. The molecular formula is C18H18N4O2. The van der Waals surface area contributed by atoms with Gasteiger partial charge in [-0.3, -0.25) is 4.79 Å². The molecule has 24 heavy (non-hydrogen) atoms. The van der Waals surface area contributed by atoms with Gasteiger partial charge in [0.2, 0.25) is 5.88 Å². The highest BCUT2D eigenvalue weighted by molar-refractivity contribution is 5.98. The molecule has 6 heteroatoms. The standard InChI is InChI=1S/C18H18N4O2/c1-11(2)15-9-17(22-18(21-15)19-10-20-22)24-13-6-7-14-12(8-13)4-3-5-16(14)23/h6-11H,3-5H2,1-2H3. The second kappa shape index (κ2) is 5.70. The van der Waals surface area contributed by atoms with Gasteiger partial charge in [0.25, 0.3) is 5.78 Å². The molecule has 0 radical (unpaired) electrons. The van der Waals surface area contributed by atoms with Gasteiger partial charge in [-0.1, -0.05) is 13.8 Å². The predicted molar refractivity (Wildman–Crippen MR) is 88.7 cm³/mol. The first-order valence-electron chi connectivity index (χ1n) is 8.16. The van der Waals surface area contributed by atoms with E-state index in [9.17, 15) is 4.79 Å². The van der Waals surface area contributed by atoms with Gasteiger partial charge < -0.3 is 4.74 Å². The van der Waals surface area contributed by atoms with Gasteiger partial charge in [-0.05, 0) is 42.5 Å². The molecular weight excluding hydrogens is 304 g/mol. The van der Waals surface area contributed by atoms with Crippen LogP contribution in [0, 0.1) is 0 Å². The maximum Gasteiger partial charge on any atom is 0.255 e. The van der Waals surface area contributed by atoms with Crippen LogP contribution < -0.4 is 4.74 Å². The molecule has 4 rings (SSSR count). The SMILES string of the molecule is CC(C)c1cc(Oc2ccc3c(c2)CCCC3=O)n2ncnc2n1. The maximum absolute atomic E-state index is 11.9. The van der Waals surface area contributed by atoms with E-state index in [1.54, 1.807) is 4.52 Å². The Morgan fingerprint density at radius 2 is 2.08 bits per heavy atom. The van der Waals surface area contributed by atoms with Crippen LogP contribution in [0.3, 0.4) is 0 Å². The molecule has 1 aliphatic carbocycles. The van der Waals surface area contributed by atoms with Gasteiger partial charge in [-0.15, -0.1) is 0 Å². The van der Waals surface area contributed by atoms with E-state index < -0.39 is 0 Å². The number of hydrogen-bond donors (Lipinski definition) is 0. The molecule has 0 amide bonds. The number of benzene rings is 1. The first kappa shape index (κ1) is 14.8. The van der Waals surface area contributed by atoms with E-state index in [1.807, 2.05) is 24.3 Å². The molecule has 0 N–H and O–H groups in total. The average Bonchev–Trinajstić information content (AvgIpc) is 3.04. The van der Waals surface area contributed by atoms with Crippen LogP contribution in [0.1, 0.15) is 54.2 Å². The fourth-order valence-corrected chi connectivity index (χ4v) is 2.98. The highest BCUT2D eigenvalue weighted by Crippen LogP contribution is 2.29. The summed E-state index contributed by atoms with van der Waals surface area (Å²) in [5.74, 6) is 2.26. The third kappa shape index (κ3) is 2.54. The Bertz CT molecular complexity index is 930. The first-order valence-corrected chi connectivity index (χ1v) is 8.16. The number of carbonyl (C=O) groups is 1. The van der Waals surface area contributed by atoms with E-state index in [1.165, 1.54) is 6.33 Å². The van der Waals surface area contributed by atoms with Crippen LogP contribution in [0.2, 0.25) is 0 Å². The van der Waals surface area contributed by atoms with Crippen molar-refractivity contribution in [1.29, 1.82) is 0 Å². The summed E-state index contributed by atoms with van der Waals surface area (Å²) in [6.07, 6.45) is 3.90. The van der Waals surface area contributed by atoms with Gasteiger partial charge in [0, 0.05) is 18.1 Å². The molecule has 0 atom stereocenters. The second-order valence-electron chi connectivity index (χ2n) is 6.34. The summed E-state index contributed by atoms with van der Waals surface area (Å²) in [4.78, 5) is 20.6. The monoisotopic (exact) mass is 322 g/mol. The normalized spacial score (nSPS) is 14.2. The number of aromatic nitrogens is 4. The smallest absolute Gasteiger partial charge is 0.255 e. The summed E-state index contributed by atoms with van der Waals surface area (Å²) in [5.41, 5.74) is 2.77. The van der Waals surface area contributed by atoms with Crippen LogP contribution in [-0.4, -0.2) is 25.4 Å². The minimum Gasteiger partial charge on any atom is -0.439 e. The Hall–Kier alpha value is -2.76. The Kier molecular flexibility index (Phi) is 3.52. The lowest BCUT2D eigenvalue weighted by Crippen LogP contribution is -2.10. The zero-order valence-electron chi connectivity index (χ0n) is 13.7. The fourth-order valence-electron chi connectivity index (χ4n) is 2.98. The molecule has 122 valence electrons. The molecule has 2 heterocycles. The number of fused-ring (bicyclic) bond motifs is 2. The summed E-state index contributed by atoms with van der Waals surface area (Å²) in [6.45, 7) is 4.15. The van der Waals surface area contributed by atoms with Crippen molar-refractivity contribution in [3.63, 3.8) is 0 Å². The molecule has 0 aliphatic heterocycles. The van der Waals surface area contributed by atoms with Crippen LogP contribution in [0.5, 0.6) is 11.6 Å². The summed E-state index contributed by atoms with van der Waals surface area (Å²) in [6, 6.07) is 7.52. The maximum atomic E-state index is 11.9. The van der Waals surface area contributed by atoms with Crippen molar-refractivity contribution in [2.75, 3.05) is 0 Å². The van der Waals surface area contributed by atoms with E-state index in [-0.39, 0.29) is 11.7 Å². The molecule has 6 nitrogen and oxygen atoms in total. The molecule has 0 unspecified atom stereocenters. The molecule has 1 aromatic carbocycles. The number of Topliss-reactive ketones (excluding diaryl/α,β-unsaturated/α-hetero) is 1. The minimum absolute atomic E-state index is 0.215. The van der Waals surface area contributed by atoms with Crippen LogP contribution in [-0.2, 0) is 6.42 Å². The van der Waals surface area contributed by atoms with Gasteiger partial charge in [0.05, 0.1) is 5.69 Å². The summed E-state index contributed by atoms with van der Waals surface area (Å²) >= 11 is 0. The minimum atomic E-state index is 0.215. The Labute approximate surface area is 139 Å². The predicted octanol–water partition coefficient (Wildman–Crippen LogP) is 3.56. The van der Waals surface area contributed by atoms with Gasteiger partial charge in [-0.25, -0.2) is 4.98 Å². The van der Waals surface area contributed by atoms with Crippen LogP contribution in [0.4, 0.5) is 0 Å². The summed E-state index contributed by atoms with van der Waals surface area (Å²) in [7, 11) is 0. The van der Waals surface area contributed by atoms with Gasteiger partial charge >= 0.3 is 0 Å². The van der Waals surface area contributed by atoms with Crippen molar-refractivity contribution < 1.29 is 9.53 Å². The lowest BCUT2D eigenvalue weighted by atomic mass is 9.90. The molecule has 0 saturated heterocycles. The van der Waals surface area contributed by atoms with Crippen LogP contribution in [0.25, 0.3) is 5.78 Å². The highest BCUT2D eigenvalue weighted by atomic mass is 16.5. The van der Waals surface area contributed by atoms with Crippen molar-refractivity contribution in [1.82, 2.24) is 19.6 Å². The van der Waals surface area contributed by atoms with Crippen molar-refractivity contribution in [3.8, 4) is 11.6 Å². The van der Waals surface area contributed by atoms with Crippen LogP contribution in [0.15, 0.2) is 30.6 Å². The van der Waals surface area contributed by atoms with Crippen molar-refractivity contribution in [3.05, 3.63) is 47.4 Å². The van der Waals surface area contributed by atoms with Gasteiger partial charge in [0.1, 0.15) is 12.1 Å². The van der Waals surface area contributed by atoms with E-state index in [0.717, 1.165) is 29.7 Å². The van der Waals surface area contributed by atoms with Crippen LogP contribution >= 0.6 is 0 Å². The topological polar surface area (TPSA) is 69.4 Å². The third-order valence-corrected chi connectivity index (χ3v) is 4.28. The van der Waals surface area contributed by atoms with E-state index in [2.05, 4.69) is 28.9 Å². The summed E-state index contributed by atoms with van der Waals surface area (Å²) < 4.78 is 7.63. The number of nitrogens with zero attached hydrogens (tertiary/aromatic N) is 4. The second-order valence-corrected chi connectivity index (χ2v) is 6.34. The number of carbonyl (C=O) groups excluding carboxylic acids is 1. The fraction of sp³-hybridized carbons (Fsp3) is 0.333.